The van der Waals surface area contributed by atoms with Crippen molar-refractivity contribution in [3.05, 3.63) is 42.5 Å². The molecule has 0 bridgehead atoms. The SMILES string of the molecule is O=C(CCCOc1cccc2ccccc12)N1CCC(C(=O)N2CCCCCC2)CC1. The van der Waals surface area contributed by atoms with Gasteiger partial charge in [-0.1, -0.05) is 49.2 Å². The third-order valence-corrected chi connectivity index (χ3v) is 6.66. The number of amides is 2. The highest BCUT2D eigenvalue weighted by Gasteiger charge is 2.30. The molecule has 4 rings (SSSR count). The summed E-state index contributed by atoms with van der Waals surface area (Å²) < 4.78 is 5.96. The Bertz CT molecular complexity index is 876. The van der Waals surface area contributed by atoms with E-state index in [9.17, 15) is 9.59 Å². The maximum absolute atomic E-state index is 12.8. The number of nitrogens with zero attached hydrogens (tertiary/aromatic N) is 2. The molecule has 2 heterocycles. The predicted molar refractivity (Wildman–Crippen MR) is 123 cm³/mol. The van der Waals surface area contributed by atoms with Crippen molar-refractivity contribution in [1.82, 2.24) is 9.80 Å². The summed E-state index contributed by atoms with van der Waals surface area (Å²) in [5.74, 6) is 1.47. The van der Waals surface area contributed by atoms with Gasteiger partial charge in [0, 0.05) is 43.9 Å². The summed E-state index contributed by atoms with van der Waals surface area (Å²) >= 11 is 0. The highest BCUT2D eigenvalue weighted by Crippen LogP contribution is 2.26. The summed E-state index contributed by atoms with van der Waals surface area (Å²) in [6.07, 6.45) is 7.53. The molecule has 0 atom stereocenters. The van der Waals surface area contributed by atoms with Crippen LogP contribution >= 0.6 is 0 Å². The van der Waals surface area contributed by atoms with Gasteiger partial charge in [0.15, 0.2) is 0 Å². The van der Waals surface area contributed by atoms with Gasteiger partial charge in [0.05, 0.1) is 6.61 Å². The van der Waals surface area contributed by atoms with E-state index in [1.807, 2.05) is 29.2 Å². The average molecular weight is 423 g/mol. The molecule has 0 spiro atoms. The first-order valence-corrected chi connectivity index (χ1v) is 11.9. The number of hydrogen-bond acceptors (Lipinski definition) is 3. The molecule has 2 amide bonds. The molecule has 5 nitrogen and oxygen atoms in total. The lowest BCUT2D eigenvalue weighted by molar-refractivity contribution is -0.140. The van der Waals surface area contributed by atoms with E-state index in [1.54, 1.807) is 0 Å². The highest BCUT2D eigenvalue weighted by molar-refractivity contribution is 5.88. The molecule has 0 aromatic heterocycles. The Balaban J connectivity index is 1.18. The van der Waals surface area contributed by atoms with E-state index in [2.05, 4.69) is 23.1 Å². The molecular formula is C26H34N2O3. The fourth-order valence-electron chi connectivity index (χ4n) is 4.81. The van der Waals surface area contributed by atoms with Gasteiger partial charge in [-0.05, 0) is 43.6 Å². The summed E-state index contributed by atoms with van der Waals surface area (Å²) in [5, 5.41) is 2.26. The van der Waals surface area contributed by atoms with Gasteiger partial charge in [0.25, 0.3) is 0 Å². The Labute approximate surface area is 185 Å². The lowest BCUT2D eigenvalue weighted by atomic mass is 9.95. The summed E-state index contributed by atoms with van der Waals surface area (Å²) in [5.41, 5.74) is 0. The van der Waals surface area contributed by atoms with Crippen molar-refractivity contribution >= 4 is 22.6 Å². The lowest BCUT2D eigenvalue weighted by Crippen LogP contribution is -2.44. The van der Waals surface area contributed by atoms with Crippen LogP contribution in [-0.2, 0) is 9.59 Å². The number of ether oxygens (including phenoxy) is 1. The first-order chi connectivity index (χ1) is 15.2. The summed E-state index contributed by atoms with van der Waals surface area (Å²) in [4.78, 5) is 29.5. The van der Waals surface area contributed by atoms with E-state index >= 15 is 0 Å². The van der Waals surface area contributed by atoms with Crippen LogP contribution < -0.4 is 4.74 Å². The molecule has 31 heavy (non-hydrogen) atoms. The Hall–Kier alpha value is -2.56. The third kappa shape index (κ3) is 5.57. The standard InChI is InChI=1S/C26H34N2O3/c29-25(13-8-20-31-24-12-7-10-21-9-3-4-11-23(21)24)27-18-14-22(15-19-27)26(30)28-16-5-1-2-6-17-28/h3-4,7,9-12,22H,1-2,5-6,8,13-20H2. The minimum absolute atomic E-state index is 0.0943. The molecule has 0 saturated carbocycles. The van der Waals surface area contributed by atoms with Crippen LogP contribution in [0.3, 0.4) is 0 Å². The molecule has 0 unspecified atom stereocenters. The molecule has 5 heteroatoms. The van der Waals surface area contributed by atoms with E-state index in [4.69, 9.17) is 4.74 Å². The molecular weight excluding hydrogens is 388 g/mol. The molecule has 2 saturated heterocycles. The maximum atomic E-state index is 12.8. The van der Waals surface area contributed by atoms with Gasteiger partial charge in [-0.3, -0.25) is 9.59 Å². The van der Waals surface area contributed by atoms with Crippen LogP contribution in [0.4, 0.5) is 0 Å². The number of piperidine rings is 1. The van der Waals surface area contributed by atoms with E-state index in [0.29, 0.717) is 38.4 Å². The average Bonchev–Trinajstić information content (AvgIpc) is 3.11. The number of benzene rings is 2. The summed E-state index contributed by atoms with van der Waals surface area (Å²) in [6, 6.07) is 14.2. The minimum Gasteiger partial charge on any atom is -0.493 e. The van der Waals surface area contributed by atoms with E-state index in [0.717, 1.165) is 55.3 Å². The number of carbonyl (C=O) groups is 2. The molecule has 0 radical (unpaired) electrons. The zero-order valence-electron chi connectivity index (χ0n) is 18.4. The minimum atomic E-state index is 0.0943. The number of likely N-dealkylation sites (tertiary alicyclic amines) is 2. The topological polar surface area (TPSA) is 49.9 Å². The lowest BCUT2D eigenvalue weighted by Gasteiger charge is -2.34. The van der Waals surface area contributed by atoms with Crippen LogP contribution in [0.1, 0.15) is 51.4 Å². The van der Waals surface area contributed by atoms with Gasteiger partial charge in [0.2, 0.25) is 11.8 Å². The molecule has 166 valence electrons. The summed E-state index contributed by atoms with van der Waals surface area (Å²) in [7, 11) is 0. The molecule has 0 N–H and O–H groups in total. The van der Waals surface area contributed by atoms with Crippen LogP contribution in [0.2, 0.25) is 0 Å². The van der Waals surface area contributed by atoms with Gasteiger partial charge in [0.1, 0.15) is 5.75 Å². The molecule has 2 aromatic rings. The first-order valence-electron chi connectivity index (χ1n) is 11.9. The largest absolute Gasteiger partial charge is 0.493 e. The monoisotopic (exact) mass is 422 g/mol. The first kappa shape index (κ1) is 21.7. The van der Waals surface area contributed by atoms with Gasteiger partial charge in [-0.2, -0.15) is 0 Å². The number of hydrogen-bond donors (Lipinski definition) is 0. The second kappa shape index (κ2) is 10.7. The smallest absolute Gasteiger partial charge is 0.225 e. The predicted octanol–water partition coefficient (Wildman–Crippen LogP) is 4.64. The second-order valence-corrected chi connectivity index (χ2v) is 8.82. The zero-order chi connectivity index (χ0) is 21.5. The molecule has 2 aliphatic rings. The van der Waals surface area contributed by atoms with Crippen LogP contribution in [-0.4, -0.2) is 54.4 Å². The van der Waals surface area contributed by atoms with Crippen molar-refractivity contribution in [2.75, 3.05) is 32.8 Å². The molecule has 2 fully saturated rings. The van der Waals surface area contributed by atoms with Crippen LogP contribution in [0, 0.1) is 5.92 Å². The highest BCUT2D eigenvalue weighted by atomic mass is 16.5. The Morgan fingerprint density at radius 1 is 0.839 bits per heavy atom. The maximum Gasteiger partial charge on any atom is 0.225 e. The Morgan fingerprint density at radius 3 is 2.32 bits per heavy atom. The molecule has 2 aromatic carbocycles. The van der Waals surface area contributed by atoms with E-state index in [1.165, 1.54) is 12.8 Å². The van der Waals surface area contributed by atoms with Crippen molar-refractivity contribution in [3.8, 4) is 5.75 Å². The van der Waals surface area contributed by atoms with Crippen LogP contribution in [0.25, 0.3) is 10.8 Å². The van der Waals surface area contributed by atoms with Crippen molar-refractivity contribution in [2.45, 2.75) is 51.4 Å². The Morgan fingerprint density at radius 2 is 1.55 bits per heavy atom. The number of fused-ring (bicyclic) bond motifs is 1. The van der Waals surface area contributed by atoms with Gasteiger partial charge < -0.3 is 14.5 Å². The van der Waals surface area contributed by atoms with Crippen molar-refractivity contribution in [1.29, 1.82) is 0 Å². The van der Waals surface area contributed by atoms with Crippen LogP contribution in [0.15, 0.2) is 42.5 Å². The van der Waals surface area contributed by atoms with Gasteiger partial charge in [-0.25, -0.2) is 0 Å². The van der Waals surface area contributed by atoms with Gasteiger partial charge in [-0.15, -0.1) is 0 Å². The van der Waals surface area contributed by atoms with Crippen molar-refractivity contribution in [3.63, 3.8) is 0 Å². The summed E-state index contributed by atoms with van der Waals surface area (Å²) in [6.45, 7) is 3.76. The van der Waals surface area contributed by atoms with Crippen LogP contribution in [0.5, 0.6) is 5.75 Å². The third-order valence-electron chi connectivity index (χ3n) is 6.66. The fourth-order valence-corrected chi connectivity index (χ4v) is 4.81. The van der Waals surface area contributed by atoms with Gasteiger partial charge >= 0.3 is 0 Å². The van der Waals surface area contributed by atoms with Crippen molar-refractivity contribution < 1.29 is 14.3 Å². The van der Waals surface area contributed by atoms with E-state index in [-0.39, 0.29) is 11.8 Å². The van der Waals surface area contributed by atoms with Crippen molar-refractivity contribution in [2.24, 2.45) is 5.92 Å². The zero-order valence-corrected chi connectivity index (χ0v) is 18.4. The Kier molecular flexibility index (Phi) is 7.44. The number of rotatable bonds is 6. The quantitative estimate of drug-likeness (QED) is 0.637. The number of carbonyl (C=O) groups excluding carboxylic acids is 2. The molecule has 2 aliphatic heterocycles. The normalized spacial score (nSPS) is 18.1. The molecule has 0 aliphatic carbocycles. The van der Waals surface area contributed by atoms with E-state index < -0.39 is 0 Å². The second-order valence-electron chi connectivity index (χ2n) is 8.82. The fraction of sp³-hybridized carbons (Fsp3) is 0.538.